The van der Waals surface area contributed by atoms with Crippen molar-refractivity contribution in [3.05, 3.63) is 106 Å². The van der Waals surface area contributed by atoms with Crippen LogP contribution in [-0.2, 0) is 16.0 Å². The van der Waals surface area contributed by atoms with Gasteiger partial charge in [-0.15, -0.1) is 11.3 Å². The van der Waals surface area contributed by atoms with Gasteiger partial charge in [-0.3, -0.25) is 4.40 Å². The molecule has 0 saturated carbocycles. The van der Waals surface area contributed by atoms with Gasteiger partial charge in [0.2, 0.25) is 0 Å². The monoisotopic (exact) mass is 543 g/mol. The zero-order valence-electron chi connectivity index (χ0n) is 20.0. The van der Waals surface area contributed by atoms with Gasteiger partial charge < -0.3 is 15.2 Å². The van der Waals surface area contributed by atoms with Crippen LogP contribution in [0.1, 0.15) is 22.7 Å². The normalized spacial score (nSPS) is 13.2. The zero-order chi connectivity index (χ0) is 26.2. The summed E-state index contributed by atoms with van der Waals surface area (Å²) in [7, 11) is 0. The minimum Gasteiger partial charge on any atom is -0.480 e. The van der Waals surface area contributed by atoms with Gasteiger partial charge in [0.25, 0.3) is 0 Å². The van der Waals surface area contributed by atoms with E-state index in [-0.39, 0.29) is 18.9 Å². The second kappa shape index (κ2) is 9.96. The zero-order valence-corrected chi connectivity index (χ0v) is 21.6. The number of hydrogen-bond donors (Lipinski definition) is 2. The fourth-order valence-corrected chi connectivity index (χ4v) is 5.90. The molecule has 0 saturated heterocycles. The second-order valence-electron chi connectivity index (χ2n) is 9.03. The number of ether oxygens (including phenoxy) is 1. The van der Waals surface area contributed by atoms with Crippen molar-refractivity contribution in [1.82, 2.24) is 14.7 Å². The van der Waals surface area contributed by atoms with Crippen molar-refractivity contribution in [2.75, 3.05) is 6.61 Å². The number of aromatic nitrogens is 2. The molecule has 0 spiro atoms. The molecule has 0 radical (unpaired) electrons. The summed E-state index contributed by atoms with van der Waals surface area (Å²) < 4.78 is 7.44. The number of nitrogens with one attached hydrogen (secondary N) is 1. The molecule has 7 nitrogen and oxygen atoms in total. The molecule has 2 aromatic heterocycles. The molecule has 1 amide bonds. The van der Waals surface area contributed by atoms with Crippen molar-refractivity contribution in [3.63, 3.8) is 0 Å². The van der Waals surface area contributed by atoms with E-state index in [9.17, 15) is 14.7 Å². The average Bonchev–Trinajstić information content (AvgIpc) is 3.60. The predicted molar refractivity (Wildman–Crippen MR) is 147 cm³/mol. The van der Waals surface area contributed by atoms with Crippen molar-refractivity contribution in [3.8, 4) is 22.4 Å². The fourth-order valence-electron chi connectivity index (χ4n) is 5.04. The van der Waals surface area contributed by atoms with Gasteiger partial charge in [0, 0.05) is 34.5 Å². The molecule has 6 rings (SSSR count). The van der Waals surface area contributed by atoms with Crippen molar-refractivity contribution >= 4 is 40.0 Å². The summed E-state index contributed by atoms with van der Waals surface area (Å²) in [6, 6.07) is 22.1. The quantitative estimate of drug-likeness (QED) is 0.253. The van der Waals surface area contributed by atoms with Crippen LogP contribution in [0, 0.1) is 0 Å². The Kier molecular flexibility index (Phi) is 6.35. The summed E-state index contributed by atoms with van der Waals surface area (Å²) in [6.45, 7) is 0.101. The Labute approximate surface area is 227 Å². The number of rotatable bonds is 7. The number of carboxylic acids is 1. The Morgan fingerprint density at radius 1 is 1.03 bits per heavy atom. The number of carbonyl (C=O) groups is 2. The summed E-state index contributed by atoms with van der Waals surface area (Å²) >= 11 is 7.50. The molecule has 0 bridgehead atoms. The summed E-state index contributed by atoms with van der Waals surface area (Å²) in [4.78, 5) is 30.5. The lowest BCUT2D eigenvalue weighted by molar-refractivity contribution is -0.139. The lowest BCUT2D eigenvalue weighted by Crippen LogP contribution is -2.43. The van der Waals surface area contributed by atoms with Gasteiger partial charge in [-0.05, 0) is 34.4 Å². The third-order valence-corrected chi connectivity index (χ3v) is 7.82. The Morgan fingerprint density at radius 3 is 2.34 bits per heavy atom. The minimum absolute atomic E-state index is 0.0232. The maximum absolute atomic E-state index is 12.8. The number of halogens is 1. The molecule has 2 N–H and O–H groups in total. The van der Waals surface area contributed by atoms with Crippen LogP contribution < -0.4 is 5.32 Å². The number of nitrogens with zero attached hydrogens (tertiary/aromatic N) is 2. The van der Waals surface area contributed by atoms with E-state index in [2.05, 4.69) is 17.4 Å². The van der Waals surface area contributed by atoms with Gasteiger partial charge in [0.1, 0.15) is 12.6 Å². The summed E-state index contributed by atoms with van der Waals surface area (Å²) in [6.07, 6.45) is 1.09. The van der Waals surface area contributed by atoms with Gasteiger partial charge in [-0.2, -0.15) is 0 Å². The molecule has 9 heteroatoms. The number of fused-ring (bicyclic) bond motifs is 4. The van der Waals surface area contributed by atoms with Crippen LogP contribution in [0.25, 0.3) is 27.3 Å². The molecule has 38 heavy (non-hydrogen) atoms. The molecule has 3 aromatic carbocycles. The standard InChI is InChI=1S/C29H22ClN3O4S/c30-18-11-9-17(10-12-18)26-25(33-13-14-38-28(33)32-26)15-24(27(34)35)31-29(36)37-16-23-21-7-3-1-5-19(21)20-6-2-4-8-22(20)23/h1-14,23-24H,15-16H2,(H,31,36)(H,34,35). The van der Waals surface area contributed by atoms with Crippen LogP contribution in [0.5, 0.6) is 0 Å². The van der Waals surface area contributed by atoms with Gasteiger partial charge in [-0.25, -0.2) is 14.6 Å². The van der Waals surface area contributed by atoms with Crippen molar-refractivity contribution in [1.29, 1.82) is 0 Å². The van der Waals surface area contributed by atoms with E-state index in [1.54, 1.807) is 12.1 Å². The van der Waals surface area contributed by atoms with E-state index in [1.807, 2.05) is 64.5 Å². The maximum Gasteiger partial charge on any atom is 0.407 e. The number of carboxylic acid groups (broad SMARTS) is 1. The largest absolute Gasteiger partial charge is 0.480 e. The maximum atomic E-state index is 12.8. The second-order valence-corrected chi connectivity index (χ2v) is 10.3. The fraction of sp³-hybridized carbons (Fsp3) is 0.138. The van der Waals surface area contributed by atoms with Gasteiger partial charge in [0.05, 0.1) is 11.4 Å². The van der Waals surface area contributed by atoms with Gasteiger partial charge >= 0.3 is 12.1 Å². The number of aliphatic carboxylic acids is 1. The first-order valence-electron chi connectivity index (χ1n) is 12.0. The van der Waals surface area contributed by atoms with Crippen molar-refractivity contribution in [2.45, 2.75) is 18.4 Å². The molecule has 2 heterocycles. The number of thiazole rings is 1. The Balaban J connectivity index is 1.21. The smallest absolute Gasteiger partial charge is 0.407 e. The first kappa shape index (κ1) is 24.2. The predicted octanol–water partition coefficient (Wildman–Crippen LogP) is 6.25. The highest BCUT2D eigenvalue weighted by Crippen LogP contribution is 2.44. The molecular weight excluding hydrogens is 522 g/mol. The van der Waals surface area contributed by atoms with Crippen LogP contribution in [0.4, 0.5) is 4.79 Å². The number of hydrogen-bond acceptors (Lipinski definition) is 5. The molecule has 0 aliphatic heterocycles. The highest BCUT2D eigenvalue weighted by atomic mass is 35.5. The lowest BCUT2D eigenvalue weighted by atomic mass is 9.98. The third kappa shape index (κ3) is 4.42. The SMILES string of the molecule is O=C(NC(Cc1c(-c2ccc(Cl)cc2)nc2sccn12)C(=O)O)OCC1c2ccccc2-c2ccccc21. The van der Waals surface area contributed by atoms with E-state index in [0.29, 0.717) is 16.4 Å². The first-order valence-corrected chi connectivity index (χ1v) is 13.3. The van der Waals surface area contributed by atoms with E-state index in [4.69, 9.17) is 21.3 Å². The Hall–Kier alpha value is -4.14. The highest BCUT2D eigenvalue weighted by Gasteiger charge is 2.30. The Bertz CT molecular complexity index is 1610. The number of benzene rings is 3. The lowest BCUT2D eigenvalue weighted by Gasteiger charge is -2.18. The molecule has 1 unspecified atom stereocenters. The van der Waals surface area contributed by atoms with E-state index < -0.39 is 18.1 Å². The van der Waals surface area contributed by atoms with Crippen LogP contribution in [0.2, 0.25) is 5.02 Å². The number of imidazole rings is 1. The van der Waals surface area contributed by atoms with Crippen LogP contribution in [0.3, 0.4) is 0 Å². The molecule has 190 valence electrons. The van der Waals surface area contributed by atoms with Crippen LogP contribution >= 0.6 is 22.9 Å². The van der Waals surface area contributed by atoms with E-state index >= 15 is 0 Å². The molecule has 1 atom stereocenters. The topological polar surface area (TPSA) is 92.9 Å². The number of carbonyl (C=O) groups excluding carboxylic acids is 1. The average molecular weight is 544 g/mol. The third-order valence-electron chi connectivity index (χ3n) is 6.81. The van der Waals surface area contributed by atoms with E-state index in [1.165, 1.54) is 11.3 Å². The number of amides is 1. The highest BCUT2D eigenvalue weighted by molar-refractivity contribution is 7.15. The molecular formula is C29H22ClN3O4S. The van der Waals surface area contributed by atoms with E-state index in [0.717, 1.165) is 32.8 Å². The number of alkyl carbamates (subject to hydrolysis) is 1. The molecule has 1 aliphatic carbocycles. The van der Waals surface area contributed by atoms with Crippen molar-refractivity contribution in [2.24, 2.45) is 0 Å². The summed E-state index contributed by atoms with van der Waals surface area (Å²) in [5.74, 6) is -1.28. The van der Waals surface area contributed by atoms with Crippen LogP contribution in [0.15, 0.2) is 84.4 Å². The van der Waals surface area contributed by atoms with Crippen molar-refractivity contribution < 1.29 is 19.4 Å². The molecule has 0 fully saturated rings. The molecule has 5 aromatic rings. The van der Waals surface area contributed by atoms with Crippen LogP contribution in [-0.4, -0.2) is 39.2 Å². The van der Waals surface area contributed by atoms with Gasteiger partial charge in [0.15, 0.2) is 4.96 Å². The summed E-state index contributed by atoms with van der Waals surface area (Å²) in [5.41, 5.74) is 6.55. The first-order chi connectivity index (χ1) is 18.5. The van der Waals surface area contributed by atoms with Gasteiger partial charge in [-0.1, -0.05) is 72.3 Å². The summed E-state index contributed by atoms with van der Waals surface area (Å²) in [5, 5.41) is 15.0. The Morgan fingerprint density at radius 2 is 1.68 bits per heavy atom. The minimum atomic E-state index is -1.21. The molecule has 1 aliphatic rings.